The molecule has 0 unspecified atom stereocenters. The molecule has 2 heterocycles. The molecule has 0 N–H and O–H groups in total. The van der Waals surface area contributed by atoms with E-state index in [9.17, 15) is 4.79 Å². The molecule has 0 spiro atoms. The molecule has 0 fully saturated rings. The first-order valence-electron chi connectivity index (χ1n) is 10.2. The number of nitrogens with zero attached hydrogens (tertiary/aromatic N) is 3. The van der Waals surface area contributed by atoms with E-state index >= 15 is 0 Å². The fourth-order valence-corrected chi connectivity index (χ4v) is 4.21. The third-order valence-electron chi connectivity index (χ3n) is 5.93. The molecule has 0 atom stereocenters. The summed E-state index contributed by atoms with van der Waals surface area (Å²) in [5, 5.41) is 8.16. The van der Waals surface area contributed by atoms with Crippen molar-refractivity contribution in [2.24, 2.45) is 0 Å². The lowest BCUT2D eigenvalue weighted by atomic mass is 9.88. The fraction of sp³-hybridized carbons (Fsp3) is 0.0741. The Morgan fingerprint density at radius 1 is 0.742 bits per heavy atom. The molecule has 150 valence electrons. The molecule has 0 amide bonds. The molecule has 0 saturated carbocycles. The first kappa shape index (κ1) is 18.9. The van der Waals surface area contributed by atoms with Gasteiger partial charge in [0.2, 0.25) is 0 Å². The van der Waals surface area contributed by atoms with Gasteiger partial charge in [-0.1, -0.05) is 60.7 Å². The van der Waals surface area contributed by atoms with E-state index in [1.807, 2.05) is 34.9 Å². The van der Waals surface area contributed by atoms with E-state index in [2.05, 4.69) is 72.6 Å². The third kappa shape index (κ3) is 3.32. The first-order valence-corrected chi connectivity index (χ1v) is 10.2. The van der Waals surface area contributed by atoms with Gasteiger partial charge in [-0.15, -0.1) is 10.2 Å². The lowest BCUT2D eigenvalue weighted by Gasteiger charge is -2.16. The minimum Gasteiger partial charge on any atom is -0.298 e. The van der Waals surface area contributed by atoms with E-state index in [0.29, 0.717) is 5.56 Å². The van der Waals surface area contributed by atoms with Gasteiger partial charge in [0.25, 0.3) is 0 Å². The number of carbonyl (C=O) groups excluding carboxylic acids is 1. The lowest BCUT2D eigenvalue weighted by Crippen LogP contribution is -1.93. The highest BCUT2D eigenvalue weighted by Crippen LogP contribution is 2.36. The molecular formula is C27H21N3O. The van der Waals surface area contributed by atoms with Crippen LogP contribution in [0.3, 0.4) is 0 Å². The summed E-state index contributed by atoms with van der Waals surface area (Å²) in [7, 11) is 0. The van der Waals surface area contributed by atoms with Gasteiger partial charge in [0.15, 0.2) is 5.65 Å². The van der Waals surface area contributed by atoms with Crippen LogP contribution in [0.1, 0.15) is 21.5 Å². The van der Waals surface area contributed by atoms with Crippen LogP contribution in [0.5, 0.6) is 0 Å². The molecule has 0 radical (unpaired) electrons. The van der Waals surface area contributed by atoms with E-state index in [1.165, 1.54) is 33.4 Å². The normalized spacial score (nSPS) is 11.0. The number of aldehydes is 1. The molecule has 5 rings (SSSR count). The highest BCUT2D eigenvalue weighted by Gasteiger charge is 2.13. The van der Waals surface area contributed by atoms with Gasteiger partial charge in [-0.2, -0.15) is 0 Å². The molecule has 0 aliphatic rings. The number of aromatic nitrogens is 3. The zero-order valence-electron chi connectivity index (χ0n) is 17.4. The van der Waals surface area contributed by atoms with Gasteiger partial charge in [0.05, 0.1) is 0 Å². The topological polar surface area (TPSA) is 47.3 Å². The zero-order chi connectivity index (χ0) is 21.4. The zero-order valence-corrected chi connectivity index (χ0v) is 17.4. The van der Waals surface area contributed by atoms with Crippen LogP contribution >= 0.6 is 0 Å². The van der Waals surface area contributed by atoms with Crippen molar-refractivity contribution in [3.05, 3.63) is 102 Å². The van der Waals surface area contributed by atoms with Crippen LogP contribution in [-0.4, -0.2) is 20.9 Å². The Balaban J connectivity index is 1.62. The number of benzene rings is 3. The SMILES string of the molecule is Cc1c(-c2ccc(C=O)cc2)cccc1-c1cccc(-c2ccn3cnnc3c2)c1C. The largest absolute Gasteiger partial charge is 0.298 e. The van der Waals surface area contributed by atoms with E-state index < -0.39 is 0 Å². The Labute approximate surface area is 180 Å². The molecule has 0 bridgehead atoms. The van der Waals surface area contributed by atoms with Gasteiger partial charge in [-0.05, 0) is 70.5 Å². The summed E-state index contributed by atoms with van der Waals surface area (Å²) in [6.45, 7) is 4.33. The maximum atomic E-state index is 11.0. The minimum atomic E-state index is 0.686. The van der Waals surface area contributed by atoms with Crippen LogP contribution < -0.4 is 0 Å². The standard InChI is InChI=1S/C27H21N3O/c1-18-23(21-11-9-20(16-31)10-12-21)5-3-7-25(18)26-8-4-6-24(19(26)2)22-13-14-30-17-28-29-27(30)15-22/h3-17H,1-2H3. The number of rotatable bonds is 4. The Morgan fingerprint density at radius 3 is 2.00 bits per heavy atom. The predicted molar refractivity (Wildman–Crippen MR) is 124 cm³/mol. The Bertz CT molecular complexity index is 1410. The minimum absolute atomic E-state index is 0.686. The molecule has 4 heteroatoms. The maximum absolute atomic E-state index is 11.0. The maximum Gasteiger partial charge on any atom is 0.161 e. The average molecular weight is 403 g/mol. The lowest BCUT2D eigenvalue weighted by molar-refractivity contribution is 0.112. The first-order chi connectivity index (χ1) is 15.2. The summed E-state index contributed by atoms with van der Waals surface area (Å²) in [5.74, 6) is 0. The summed E-state index contributed by atoms with van der Waals surface area (Å²) in [4.78, 5) is 11.0. The number of hydrogen-bond acceptors (Lipinski definition) is 3. The van der Waals surface area contributed by atoms with Gasteiger partial charge in [-0.25, -0.2) is 0 Å². The van der Waals surface area contributed by atoms with Crippen molar-refractivity contribution in [3.8, 4) is 33.4 Å². The van der Waals surface area contributed by atoms with Crippen molar-refractivity contribution < 1.29 is 4.79 Å². The Kier molecular flexibility index (Phi) is 4.68. The summed E-state index contributed by atoms with van der Waals surface area (Å²) >= 11 is 0. The van der Waals surface area contributed by atoms with Crippen molar-refractivity contribution in [1.82, 2.24) is 14.6 Å². The van der Waals surface area contributed by atoms with E-state index in [0.717, 1.165) is 23.1 Å². The number of carbonyl (C=O) groups is 1. The van der Waals surface area contributed by atoms with Crippen LogP contribution in [0, 0.1) is 13.8 Å². The van der Waals surface area contributed by atoms with E-state index in [-0.39, 0.29) is 0 Å². The molecule has 3 aromatic carbocycles. The van der Waals surface area contributed by atoms with Crippen molar-refractivity contribution in [1.29, 1.82) is 0 Å². The van der Waals surface area contributed by atoms with E-state index in [1.54, 1.807) is 6.33 Å². The summed E-state index contributed by atoms with van der Waals surface area (Å²) in [6.07, 6.45) is 4.57. The number of fused-ring (bicyclic) bond motifs is 1. The van der Waals surface area contributed by atoms with Crippen molar-refractivity contribution >= 4 is 11.9 Å². The second-order valence-corrected chi connectivity index (χ2v) is 7.71. The second-order valence-electron chi connectivity index (χ2n) is 7.71. The van der Waals surface area contributed by atoms with Crippen molar-refractivity contribution in [2.45, 2.75) is 13.8 Å². The van der Waals surface area contributed by atoms with Gasteiger partial charge >= 0.3 is 0 Å². The smallest absolute Gasteiger partial charge is 0.161 e. The van der Waals surface area contributed by atoms with Crippen molar-refractivity contribution in [2.75, 3.05) is 0 Å². The predicted octanol–water partition coefficient (Wildman–Crippen LogP) is 6.16. The molecule has 31 heavy (non-hydrogen) atoms. The van der Waals surface area contributed by atoms with Crippen LogP contribution in [0.4, 0.5) is 0 Å². The van der Waals surface area contributed by atoms with E-state index in [4.69, 9.17) is 0 Å². The monoisotopic (exact) mass is 403 g/mol. The molecule has 5 aromatic rings. The summed E-state index contributed by atoms with van der Waals surface area (Å²) in [6, 6.07) is 24.7. The molecule has 0 aliphatic heterocycles. The van der Waals surface area contributed by atoms with Crippen LogP contribution in [-0.2, 0) is 0 Å². The Hall–Kier alpha value is -4.05. The molecular weight excluding hydrogens is 382 g/mol. The van der Waals surface area contributed by atoms with Crippen LogP contribution in [0.2, 0.25) is 0 Å². The van der Waals surface area contributed by atoms with Gasteiger partial charge in [0, 0.05) is 11.8 Å². The summed E-state index contributed by atoms with van der Waals surface area (Å²) in [5.41, 5.74) is 11.0. The fourth-order valence-electron chi connectivity index (χ4n) is 4.21. The van der Waals surface area contributed by atoms with Gasteiger partial charge in [-0.3, -0.25) is 9.20 Å². The summed E-state index contributed by atoms with van der Waals surface area (Å²) < 4.78 is 1.91. The molecule has 0 saturated heterocycles. The highest BCUT2D eigenvalue weighted by molar-refractivity contribution is 5.85. The highest BCUT2D eigenvalue weighted by atomic mass is 16.1. The average Bonchev–Trinajstić information content (AvgIpc) is 3.28. The molecule has 0 aliphatic carbocycles. The molecule has 4 nitrogen and oxygen atoms in total. The molecule has 2 aromatic heterocycles. The van der Waals surface area contributed by atoms with Crippen LogP contribution in [0.15, 0.2) is 85.3 Å². The second kappa shape index (κ2) is 7.65. The quantitative estimate of drug-likeness (QED) is 0.338. The van der Waals surface area contributed by atoms with Gasteiger partial charge < -0.3 is 0 Å². The van der Waals surface area contributed by atoms with Crippen molar-refractivity contribution in [3.63, 3.8) is 0 Å². The third-order valence-corrected chi connectivity index (χ3v) is 5.93. The van der Waals surface area contributed by atoms with Gasteiger partial charge in [0.1, 0.15) is 12.6 Å². The van der Waals surface area contributed by atoms with Crippen LogP contribution in [0.25, 0.3) is 39.0 Å². The number of hydrogen-bond donors (Lipinski definition) is 0. The number of pyridine rings is 1. The Morgan fingerprint density at radius 2 is 1.35 bits per heavy atom.